The first-order valence-electron chi connectivity index (χ1n) is 6.80. The van der Waals surface area contributed by atoms with E-state index in [-0.39, 0.29) is 11.9 Å². The lowest BCUT2D eigenvalue weighted by Crippen LogP contribution is -2.75. The Kier molecular flexibility index (Phi) is 1.65. The van der Waals surface area contributed by atoms with Gasteiger partial charge in [-0.3, -0.25) is 4.79 Å². The van der Waals surface area contributed by atoms with Crippen LogP contribution in [-0.4, -0.2) is 23.8 Å². The molecule has 2 saturated heterocycles. The largest absolute Gasteiger partial charge is 0.455 e. The third kappa shape index (κ3) is 0.730. The number of hydrogen-bond donors (Lipinski definition) is 0. The quantitative estimate of drug-likeness (QED) is 0.611. The number of cyclic esters (lactones) is 1. The summed E-state index contributed by atoms with van der Waals surface area (Å²) in [6.45, 7) is 4.49. The Hall–Kier alpha value is -1.08. The van der Waals surface area contributed by atoms with Crippen LogP contribution in [0.15, 0.2) is 0 Å². The van der Waals surface area contributed by atoms with Gasteiger partial charge in [0.25, 0.3) is 0 Å². The zero-order chi connectivity index (χ0) is 12.8. The highest BCUT2D eigenvalue weighted by Crippen LogP contribution is 2.76. The van der Waals surface area contributed by atoms with E-state index in [1.54, 1.807) is 0 Å². The Morgan fingerprint density at radius 3 is 2.89 bits per heavy atom. The van der Waals surface area contributed by atoms with E-state index in [1.165, 1.54) is 0 Å². The highest BCUT2D eigenvalue weighted by Gasteiger charge is 2.90. The summed E-state index contributed by atoms with van der Waals surface area (Å²) in [5.74, 6) is 0.656. The Morgan fingerprint density at radius 1 is 1.39 bits per heavy atom. The van der Waals surface area contributed by atoms with E-state index in [4.69, 9.17) is 9.47 Å². The molecule has 0 aromatic rings. The van der Waals surface area contributed by atoms with Gasteiger partial charge in [0.1, 0.15) is 11.2 Å². The van der Waals surface area contributed by atoms with Crippen LogP contribution in [0.25, 0.3) is 0 Å². The van der Waals surface area contributed by atoms with Gasteiger partial charge in [0, 0.05) is 5.92 Å². The maximum atomic E-state index is 12.3. The van der Waals surface area contributed by atoms with E-state index in [9.17, 15) is 10.1 Å². The van der Waals surface area contributed by atoms with Crippen molar-refractivity contribution in [3.05, 3.63) is 0 Å². The minimum absolute atomic E-state index is 0.151. The molecule has 2 aliphatic carbocycles. The number of nitrogens with zero attached hydrogens (tertiary/aromatic N) is 1. The van der Waals surface area contributed by atoms with Gasteiger partial charge in [-0.05, 0) is 38.5 Å². The summed E-state index contributed by atoms with van der Waals surface area (Å²) in [7, 11) is 0. The number of ether oxygens (including phenoxy) is 2. The Labute approximate surface area is 106 Å². The molecule has 0 unspecified atom stereocenters. The van der Waals surface area contributed by atoms with E-state index in [1.807, 2.05) is 13.8 Å². The van der Waals surface area contributed by atoms with Gasteiger partial charge in [-0.1, -0.05) is 6.42 Å². The molecule has 4 fully saturated rings. The van der Waals surface area contributed by atoms with Gasteiger partial charge < -0.3 is 9.47 Å². The van der Waals surface area contributed by atoms with Gasteiger partial charge in [0.15, 0.2) is 5.41 Å². The molecule has 18 heavy (non-hydrogen) atoms. The second kappa shape index (κ2) is 2.75. The molecule has 0 aromatic carbocycles. The van der Waals surface area contributed by atoms with Gasteiger partial charge >= 0.3 is 5.97 Å². The van der Waals surface area contributed by atoms with Crippen molar-refractivity contribution in [2.75, 3.05) is 6.61 Å². The van der Waals surface area contributed by atoms with E-state index >= 15 is 0 Å². The van der Waals surface area contributed by atoms with Crippen molar-refractivity contribution in [2.45, 2.75) is 44.3 Å². The van der Waals surface area contributed by atoms with Crippen LogP contribution >= 0.6 is 0 Å². The summed E-state index contributed by atoms with van der Waals surface area (Å²) in [4.78, 5) is 12.3. The van der Waals surface area contributed by atoms with E-state index < -0.39 is 16.6 Å². The zero-order valence-corrected chi connectivity index (χ0v) is 10.7. The number of fused-ring (bicyclic) bond motifs is 1. The van der Waals surface area contributed by atoms with E-state index in [2.05, 4.69) is 6.07 Å². The first-order valence-corrected chi connectivity index (χ1v) is 6.80. The average molecular weight is 247 g/mol. The highest BCUT2D eigenvalue weighted by molar-refractivity contribution is 5.88. The van der Waals surface area contributed by atoms with Gasteiger partial charge in [0.2, 0.25) is 0 Å². The number of carbonyl (C=O) groups excluding carboxylic acids is 1. The van der Waals surface area contributed by atoms with Crippen molar-refractivity contribution < 1.29 is 14.3 Å². The normalized spacial score (nSPS) is 54.9. The van der Waals surface area contributed by atoms with Gasteiger partial charge in [-0.25, -0.2) is 0 Å². The lowest BCUT2D eigenvalue weighted by molar-refractivity contribution is -0.238. The Bertz CT molecular complexity index is 494. The second-order valence-electron chi connectivity index (χ2n) is 6.69. The molecule has 2 saturated carbocycles. The summed E-state index contributed by atoms with van der Waals surface area (Å²) < 4.78 is 11.6. The third-order valence-electron chi connectivity index (χ3n) is 5.91. The highest BCUT2D eigenvalue weighted by atomic mass is 16.6. The van der Waals surface area contributed by atoms with Crippen LogP contribution < -0.4 is 0 Å². The standard InChI is InChI=1S/C14H17NO3/c1-12(2)14-10-8(6-17-14)4-3-5-9(10)13(14,7-15)11(16)18-12/h8-10H,3-6H2,1-2H3/t8-,9-,10+,13-,14-/m0/s1. The molecular weight excluding hydrogens is 230 g/mol. The molecule has 0 radical (unpaired) electrons. The van der Waals surface area contributed by atoms with Crippen molar-refractivity contribution in [1.29, 1.82) is 5.26 Å². The molecule has 4 heteroatoms. The van der Waals surface area contributed by atoms with Crippen LogP contribution in [0, 0.1) is 34.5 Å². The maximum absolute atomic E-state index is 12.3. The maximum Gasteiger partial charge on any atom is 0.330 e. The van der Waals surface area contributed by atoms with Crippen molar-refractivity contribution in [3.8, 4) is 6.07 Å². The minimum Gasteiger partial charge on any atom is -0.455 e. The fourth-order valence-corrected chi connectivity index (χ4v) is 5.42. The van der Waals surface area contributed by atoms with Crippen LogP contribution in [0.5, 0.6) is 0 Å². The summed E-state index contributed by atoms with van der Waals surface area (Å²) in [5, 5.41) is 9.67. The number of carbonyl (C=O) groups is 1. The fraction of sp³-hybridized carbons (Fsp3) is 0.857. The predicted molar refractivity (Wildman–Crippen MR) is 61.2 cm³/mol. The van der Waals surface area contributed by atoms with E-state index in [0.29, 0.717) is 18.4 Å². The molecule has 0 amide bonds. The monoisotopic (exact) mass is 247 g/mol. The lowest BCUT2D eigenvalue weighted by atomic mass is 9.38. The zero-order valence-electron chi connectivity index (χ0n) is 10.7. The number of esters is 1. The molecule has 1 spiro atoms. The first-order chi connectivity index (χ1) is 8.51. The Morgan fingerprint density at radius 2 is 2.17 bits per heavy atom. The molecule has 4 nitrogen and oxygen atoms in total. The fourth-order valence-electron chi connectivity index (χ4n) is 5.42. The van der Waals surface area contributed by atoms with Crippen LogP contribution in [0.2, 0.25) is 0 Å². The van der Waals surface area contributed by atoms with Crippen molar-refractivity contribution in [2.24, 2.45) is 23.2 Å². The van der Waals surface area contributed by atoms with Gasteiger partial charge in [-0.2, -0.15) is 5.26 Å². The van der Waals surface area contributed by atoms with Crippen LogP contribution in [0.1, 0.15) is 33.1 Å². The Balaban J connectivity index is 1.95. The number of nitriles is 1. The minimum atomic E-state index is -1.03. The first kappa shape index (κ1) is 10.8. The molecule has 2 heterocycles. The number of hydrogen-bond acceptors (Lipinski definition) is 4. The van der Waals surface area contributed by atoms with Crippen LogP contribution in [-0.2, 0) is 14.3 Å². The summed E-state index contributed by atoms with van der Waals surface area (Å²) in [5.41, 5.74) is -2.38. The van der Waals surface area contributed by atoms with Crippen molar-refractivity contribution in [3.63, 3.8) is 0 Å². The van der Waals surface area contributed by atoms with Gasteiger partial charge in [0.05, 0.1) is 12.7 Å². The third-order valence-corrected chi connectivity index (χ3v) is 5.91. The molecule has 4 rings (SSSR count). The molecular formula is C14H17NO3. The summed E-state index contributed by atoms with van der Waals surface area (Å²) in [6.07, 6.45) is 3.22. The second-order valence-corrected chi connectivity index (χ2v) is 6.69. The lowest BCUT2D eigenvalue weighted by Gasteiger charge is -2.61. The van der Waals surface area contributed by atoms with Crippen molar-refractivity contribution in [1.82, 2.24) is 0 Å². The SMILES string of the molecule is CC1(C)OC(=O)[C@]2(C#N)[C@H]3CCC[C@H]4CO[C@@]12[C@H]43. The van der Waals surface area contributed by atoms with Crippen molar-refractivity contribution >= 4 is 5.97 Å². The summed E-state index contributed by atoms with van der Waals surface area (Å²) in [6, 6.07) is 2.30. The van der Waals surface area contributed by atoms with Crippen LogP contribution in [0.3, 0.4) is 0 Å². The average Bonchev–Trinajstić information content (AvgIpc) is 2.73. The molecule has 5 atom stereocenters. The molecule has 2 aliphatic heterocycles. The van der Waals surface area contributed by atoms with Crippen LogP contribution in [0.4, 0.5) is 0 Å². The molecule has 96 valence electrons. The van der Waals surface area contributed by atoms with Gasteiger partial charge in [-0.15, -0.1) is 0 Å². The summed E-state index contributed by atoms with van der Waals surface area (Å²) >= 11 is 0. The molecule has 0 N–H and O–H groups in total. The smallest absolute Gasteiger partial charge is 0.330 e. The molecule has 0 bridgehead atoms. The molecule has 4 aliphatic rings. The molecule has 0 aromatic heterocycles. The number of rotatable bonds is 0. The topological polar surface area (TPSA) is 59.3 Å². The predicted octanol–water partition coefficient (Wildman–Crippen LogP) is 1.65. The van der Waals surface area contributed by atoms with E-state index in [0.717, 1.165) is 19.3 Å².